The molecule has 0 radical (unpaired) electrons. The molecule has 2 atom stereocenters. The fourth-order valence-electron chi connectivity index (χ4n) is 3.44. The Balaban J connectivity index is 2.18. The van der Waals surface area contributed by atoms with Crippen molar-refractivity contribution in [3.05, 3.63) is 23.8 Å². The maximum Gasteiger partial charge on any atom is -0.0280 e. The molecule has 0 saturated heterocycles. The molecule has 0 heterocycles. The van der Waals surface area contributed by atoms with Gasteiger partial charge in [-0.2, -0.15) is 0 Å². The Morgan fingerprint density at radius 1 is 1.16 bits per heavy atom. The minimum Gasteiger partial charge on any atom is -0.0956 e. The zero-order chi connectivity index (χ0) is 14.1. The average molecular weight is 262 g/mol. The Labute approximate surface area is 121 Å². The van der Waals surface area contributed by atoms with E-state index in [9.17, 15) is 0 Å². The Bertz CT molecular complexity index is 284. The topological polar surface area (TPSA) is 0 Å². The quantitative estimate of drug-likeness (QED) is 0.321. The fourth-order valence-corrected chi connectivity index (χ4v) is 3.44. The summed E-state index contributed by atoms with van der Waals surface area (Å²) in [6.45, 7) is 11.2. The molecule has 0 heteroatoms. The third-order valence-electron chi connectivity index (χ3n) is 4.75. The Kier molecular flexibility index (Phi) is 8.18. The van der Waals surface area contributed by atoms with Crippen molar-refractivity contribution >= 4 is 0 Å². The number of unbranched alkanes of at least 4 members (excludes halogenated alkanes) is 2. The van der Waals surface area contributed by atoms with Gasteiger partial charge in [0.05, 0.1) is 0 Å². The molecule has 1 aliphatic carbocycles. The van der Waals surface area contributed by atoms with Crippen LogP contribution in [0.5, 0.6) is 0 Å². The van der Waals surface area contributed by atoms with E-state index in [-0.39, 0.29) is 0 Å². The van der Waals surface area contributed by atoms with Crippen LogP contribution < -0.4 is 0 Å². The van der Waals surface area contributed by atoms with Crippen LogP contribution in [0.15, 0.2) is 23.8 Å². The maximum absolute atomic E-state index is 4.32. The molecule has 2 unspecified atom stereocenters. The van der Waals surface area contributed by atoms with Crippen molar-refractivity contribution in [1.29, 1.82) is 0 Å². The minimum absolute atomic E-state index is 0.980. The van der Waals surface area contributed by atoms with Crippen LogP contribution in [-0.4, -0.2) is 0 Å². The van der Waals surface area contributed by atoms with Crippen molar-refractivity contribution in [3.8, 4) is 0 Å². The van der Waals surface area contributed by atoms with Crippen LogP contribution in [0.4, 0.5) is 0 Å². The molecule has 0 N–H and O–H groups in total. The lowest BCUT2D eigenvalue weighted by Gasteiger charge is -2.13. The molecule has 1 aliphatic rings. The molecule has 0 aromatic carbocycles. The van der Waals surface area contributed by atoms with Crippen molar-refractivity contribution < 1.29 is 0 Å². The SMILES string of the molecule is C=C(CCCC1CCC(C)C1)/C(=C/C)CCCCC. The van der Waals surface area contributed by atoms with E-state index in [4.69, 9.17) is 0 Å². The van der Waals surface area contributed by atoms with Gasteiger partial charge in [0, 0.05) is 0 Å². The first kappa shape index (κ1) is 16.5. The van der Waals surface area contributed by atoms with E-state index in [1.54, 1.807) is 0 Å². The summed E-state index contributed by atoms with van der Waals surface area (Å²) in [5.74, 6) is 1.99. The van der Waals surface area contributed by atoms with E-state index in [0.29, 0.717) is 0 Å². The van der Waals surface area contributed by atoms with Crippen molar-refractivity contribution in [3.63, 3.8) is 0 Å². The molecule has 0 bridgehead atoms. The third-order valence-corrected chi connectivity index (χ3v) is 4.75. The second-order valence-electron chi connectivity index (χ2n) is 6.55. The summed E-state index contributed by atoms with van der Waals surface area (Å²) in [6.07, 6.45) is 15.9. The summed E-state index contributed by atoms with van der Waals surface area (Å²) in [7, 11) is 0. The highest BCUT2D eigenvalue weighted by Crippen LogP contribution is 2.34. The van der Waals surface area contributed by atoms with Gasteiger partial charge in [-0.15, -0.1) is 0 Å². The van der Waals surface area contributed by atoms with E-state index in [1.165, 1.54) is 75.4 Å². The molecule has 1 saturated carbocycles. The smallest absolute Gasteiger partial charge is 0.0280 e. The predicted octanol–water partition coefficient (Wildman–Crippen LogP) is 6.68. The van der Waals surface area contributed by atoms with Gasteiger partial charge in [0.25, 0.3) is 0 Å². The second kappa shape index (κ2) is 9.39. The van der Waals surface area contributed by atoms with Gasteiger partial charge < -0.3 is 0 Å². The Morgan fingerprint density at radius 3 is 2.53 bits per heavy atom. The van der Waals surface area contributed by atoms with Crippen LogP contribution in [0.1, 0.15) is 85.0 Å². The first-order valence-electron chi connectivity index (χ1n) is 8.50. The van der Waals surface area contributed by atoms with Gasteiger partial charge in [-0.05, 0) is 56.4 Å². The average Bonchev–Trinajstić information content (AvgIpc) is 2.80. The van der Waals surface area contributed by atoms with Crippen LogP contribution in [0.3, 0.4) is 0 Å². The molecule has 1 rings (SSSR count). The number of hydrogen-bond acceptors (Lipinski definition) is 0. The molecule has 1 fully saturated rings. The first-order chi connectivity index (χ1) is 9.17. The maximum atomic E-state index is 4.32. The standard InChI is InChI=1S/C19H34/c1-5-7-8-12-19(6-2)17(4)10-9-11-18-14-13-16(3)15-18/h6,16,18H,4-5,7-15H2,1-3H3/b19-6+. The summed E-state index contributed by atoms with van der Waals surface area (Å²) in [4.78, 5) is 0. The molecule has 0 aromatic heterocycles. The number of hydrogen-bond donors (Lipinski definition) is 0. The second-order valence-corrected chi connectivity index (χ2v) is 6.55. The van der Waals surface area contributed by atoms with Crippen LogP contribution in [-0.2, 0) is 0 Å². The van der Waals surface area contributed by atoms with Gasteiger partial charge in [0.15, 0.2) is 0 Å². The van der Waals surface area contributed by atoms with Crippen molar-refractivity contribution in [1.82, 2.24) is 0 Å². The molecule has 0 amide bonds. The molecular formula is C19H34. The molecule has 0 nitrogen and oxygen atoms in total. The van der Waals surface area contributed by atoms with Gasteiger partial charge in [-0.25, -0.2) is 0 Å². The summed E-state index contributed by atoms with van der Waals surface area (Å²) in [5, 5.41) is 0. The van der Waals surface area contributed by atoms with Crippen molar-refractivity contribution in [2.75, 3.05) is 0 Å². The predicted molar refractivity (Wildman–Crippen MR) is 87.4 cm³/mol. The Morgan fingerprint density at radius 2 is 1.95 bits per heavy atom. The summed E-state index contributed by atoms with van der Waals surface area (Å²) in [5.41, 5.74) is 2.93. The molecule has 110 valence electrons. The third kappa shape index (κ3) is 6.45. The van der Waals surface area contributed by atoms with Crippen LogP contribution in [0, 0.1) is 11.8 Å². The molecular weight excluding hydrogens is 228 g/mol. The largest absolute Gasteiger partial charge is 0.0956 e. The zero-order valence-corrected chi connectivity index (χ0v) is 13.5. The lowest BCUT2D eigenvalue weighted by molar-refractivity contribution is 0.464. The van der Waals surface area contributed by atoms with E-state index < -0.39 is 0 Å². The first-order valence-corrected chi connectivity index (χ1v) is 8.50. The van der Waals surface area contributed by atoms with Gasteiger partial charge in [0.2, 0.25) is 0 Å². The Hall–Kier alpha value is -0.520. The van der Waals surface area contributed by atoms with Gasteiger partial charge >= 0.3 is 0 Å². The lowest BCUT2D eigenvalue weighted by Crippen LogP contribution is -1.96. The van der Waals surface area contributed by atoms with Crippen molar-refractivity contribution in [2.24, 2.45) is 11.8 Å². The molecule has 0 aliphatic heterocycles. The molecule has 0 aromatic rings. The summed E-state index contributed by atoms with van der Waals surface area (Å²) >= 11 is 0. The van der Waals surface area contributed by atoms with E-state index in [2.05, 4.69) is 33.4 Å². The number of rotatable bonds is 9. The number of allylic oxidation sites excluding steroid dienone is 3. The fraction of sp³-hybridized carbons (Fsp3) is 0.789. The van der Waals surface area contributed by atoms with Gasteiger partial charge in [-0.1, -0.05) is 64.2 Å². The van der Waals surface area contributed by atoms with Crippen molar-refractivity contribution in [2.45, 2.75) is 85.0 Å². The monoisotopic (exact) mass is 262 g/mol. The normalized spacial score (nSPS) is 23.8. The highest BCUT2D eigenvalue weighted by molar-refractivity contribution is 5.27. The molecule has 19 heavy (non-hydrogen) atoms. The molecule has 0 spiro atoms. The summed E-state index contributed by atoms with van der Waals surface area (Å²) in [6, 6.07) is 0. The van der Waals surface area contributed by atoms with Crippen LogP contribution in [0.25, 0.3) is 0 Å². The van der Waals surface area contributed by atoms with Crippen LogP contribution in [0.2, 0.25) is 0 Å². The zero-order valence-electron chi connectivity index (χ0n) is 13.5. The van der Waals surface area contributed by atoms with E-state index in [0.717, 1.165) is 11.8 Å². The highest BCUT2D eigenvalue weighted by Gasteiger charge is 2.20. The summed E-state index contributed by atoms with van der Waals surface area (Å²) < 4.78 is 0. The van der Waals surface area contributed by atoms with Crippen LogP contribution >= 0.6 is 0 Å². The van der Waals surface area contributed by atoms with E-state index >= 15 is 0 Å². The lowest BCUT2D eigenvalue weighted by atomic mass is 9.93. The van der Waals surface area contributed by atoms with Gasteiger partial charge in [0.1, 0.15) is 0 Å². The highest BCUT2D eigenvalue weighted by atomic mass is 14.3. The van der Waals surface area contributed by atoms with Gasteiger partial charge in [-0.3, -0.25) is 0 Å². The van der Waals surface area contributed by atoms with E-state index in [1.807, 2.05) is 0 Å². The minimum atomic E-state index is 0.980.